The number of amides is 2. The van der Waals surface area contributed by atoms with E-state index in [0.29, 0.717) is 5.92 Å². The van der Waals surface area contributed by atoms with Crippen LogP contribution in [0.15, 0.2) is 0 Å². The Balaban J connectivity index is 2.05. The van der Waals surface area contributed by atoms with Gasteiger partial charge in [-0.05, 0) is 18.8 Å². The molecule has 0 radical (unpaired) electrons. The minimum atomic E-state index is -0.628. The summed E-state index contributed by atoms with van der Waals surface area (Å²) < 4.78 is 0. The molecule has 5 N–H and O–H groups in total. The van der Waals surface area contributed by atoms with Gasteiger partial charge in [-0.1, -0.05) is 0 Å². The van der Waals surface area contributed by atoms with Crippen molar-refractivity contribution < 1.29 is 14.4 Å². The highest BCUT2D eigenvalue weighted by Gasteiger charge is 2.29. The number of hydrogen-bond donors (Lipinski definition) is 3. The SMILES string of the molecule is NC(=O)CONC(=O)CC(N)C1CC1. The summed E-state index contributed by atoms with van der Waals surface area (Å²) in [6.45, 7) is -0.315. The molecule has 2 amide bonds. The molecule has 0 bridgehead atoms. The van der Waals surface area contributed by atoms with Crippen molar-refractivity contribution in [2.45, 2.75) is 25.3 Å². The van der Waals surface area contributed by atoms with Crippen molar-refractivity contribution >= 4 is 11.8 Å². The average molecular weight is 201 g/mol. The monoisotopic (exact) mass is 201 g/mol. The molecular formula is C8H15N3O3. The predicted molar refractivity (Wildman–Crippen MR) is 48.6 cm³/mol. The van der Waals surface area contributed by atoms with Crippen molar-refractivity contribution in [3.8, 4) is 0 Å². The van der Waals surface area contributed by atoms with Gasteiger partial charge >= 0.3 is 0 Å². The zero-order valence-electron chi connectivity index (χ0n) is 7.86. The summed E-state index contributed by atoms with van der Waals surface area (Å²) in [5.74, 6) is -0.473. The molecule has 1 atom stereocenters. The summed E-state index contributed by atoms with van der Waals surface area (Å²) in [6, 6.07) is -0.104. The van der Waals surface area contributed by atoms with Crippen LogP contribution in [-0.4, -0.2) is 24.5 Å². The number of carbonyl (C=O) groups is 2. The van der Waals surface area contributed by atoms with E-state index < -0.39 is 5.91 Å². The largest absolute Gasteiger partial charge is 0.368 e. The molecule has 0 aliphatic heterocycles. The highest BCUT2D eigenvalue weighted by atomic mass is 16.7. The second kappa shape index (κ2) is 4.92. The molecule has 1 rings (SSSR count). The fourth-order valence-electron chi connectivity index (χ4n) is 1.13. The lowest BCUT2D eigenvalue weighted by Crippen LogP contribution is -2.34. The molecule has 0 aromatic rings. The summed E-state index contributed by atoms with van der Waals surface area (Å²) in [5.41, 5.74) is 12.6. The predicted octanol–water partition coefficient (Wildman–Crippen LogP) is -1.35. The van der Waals surface area contributed by atoms with E-state index in [1.807, 2.05) is 0 Å². The van der Waals surface area contributed by atoms with E-state index in [9.17, 15) is 9.59 Å². The zero-order valence-corrected chi connectivity index (χ0v) is 7.86. The molecule has 1 fully saturated rings. The summed E-state index contributed by atoms with van der Waals surface area (Å²) in [5, 5.41) is 0. The van der Waals surface area contributed by atoms with E-state index in [2.05, 4.69) is 10.3 Å². The molecule has 0 spiro atoms. The lowest BCUT2D eigenvalue weighted by atomic mass is 10.1. The fraction of sp³-hybridized carbons (Fsp3) is 0.750. The van der Waals surface area contributed by atoms with Crippen molar-refractivity contribution in [2.75, 3.05) is 6.61 Å². The first kappa shape index (κ1) is 10.9. The summed E-state index contributed by atoms with van der Waals surface area (Å²) in [4.78, 5) is 25.9. The number of carbonyl (C=O) groups excluding carboxylic acids is 2. The summed E-state index contributed by atoms with van der Waals surface area (Å²) >= 11 is 0. The van der Waals surface area contributed by atoms with Gasteiger partial charge in [0.25, 0.3) is 0 Å². The van der Waals surface area contributed by atoms with Crippen LogP contribution >= 0.6 is 0 Å². The lowest BCUT2D eigenvalue weighted by molar-refractivity contribution is -0.138. The number of nitrogens with one attached hydrogen (secondary N) is 1. The molecule has 1 aliphatic carbocycles. The Morgan fingerprint density at radius 3 is 2.64 bits per heavy atom. The second-order valence-electron chi connectivity index (χ2n) is 3.49. The average Bonchev–Trinajstić information content (AvgIpc) is 2.84. The highest BCUT2D eigenvalue weighted by molar-refractivity contribution is 5.77. The summed E-state index contributed by atoms with van der Waals surface area (Å²) in [6.07, 6.45) is 2.41. The van der Waals surface area contributed by atoms with Gasteiger partial charge in [-0.3, -0.25) is 14.4 Å². The molecule has 1 saturated carbocycles. The number of hydrogen-bond acceptors (Lipinski definition) is 4. The van der Waals surface area contributed by atoms with Crippen LogP contribution in [0.1, 0.15) is 19.3 Å². The van der Waals surface area contributed by atoms with Gasteiger partial charge in [-0.2, -0.15) is 0 Å². The van der Waals surface area contributed by atoms with E-state index in [1.54, 1.807) is 0 Å². The van der Waals surface area contributed by atoms with Gasteiger partial charge in [-0.25, -0.2) is 5.48 Å². The van der Waals surface area contributed by atoms with Crippen LogP contribution in [0.3, 0.4) is 0 Å². The van der Waals surface area contributed by atoms with Crippen molar-refractivity contribution in [1.82, 2.24) is 5.48 Å². The van der Waals surface area contributed by atoms with E-state index in [0.717, 1.165) is 12.8 Å². The smallest absolute Gasteiger partial charge is 0.246 e. The number of hydroxylamine groups is 1. The molecule has 1 aliphatic rings. The van der Waals surface area contributed by atoms with Gasteiger partial charge in [0, 0.05) is 12.5 Å². The third kappa shape index (κ3) is 4.20. The third-order valence-corrected chi connectivity index (χ3v) is 2.05. The van der Waals surface area contributed by atoms with Gasteiger partial charge < -0.3 is 11.5 Å². The van der Waals surface area contributed by atoms with Crippen LogP contribution < -0.4 is 16.9 Å². The Morgan fingerprint density at radius 2 is 2.14 bits per heavy atom. The van der Waals surface area contributed by atoms with Gasteiger partial charge in [0.1, 0.15) is 0 Å². The Kier molecular flexibility index (Phi) is 3.84. The fourth-order valence-corrected chi connectivity index (χ4v) is 1.13. The normalized spacial score (nSPS) is 17.5. The zero-order chi connectivity index (χ0) is 10.6. The van der Waals surface area contributed by atoms with Crippen LogP contribution in [0, 0.1) is 5.92 Å². The van der Waals surface area contributed by atoms with Crippen LogP contribution in [0.4, 0.5) is 0 Å². The Bertz CT molecular complexity index is 228. The molecule has 0 heterocycles. The maximum absolute atomic E-state index is 11.1. The van der Waals surface area contributed by atoms with Crippen LogP contribution in [-0.2, 0) is 14.4 Å². The van der Waals surface area contributed by atoms with Gasteiger partial charge in [0.2, 0.25) is 11.8 Å². The highest BCUT2D eigenvalue weighted by Crippen LogP contribution is 2.32. The second-order valence-corrected chi connectivity index (χ2v) is 3.49. The van der Waals surface area contributed by atoms with Crippen LogP contribution in [0.2, 0.25) is 0 Å². The maximum atomic E-state index is 11.1. The number of nitrogens with two attached hydrogens (primary N) is 2. The first-order valence-electron chi connectivity index (χ1n) is 4.54. The van der Waals surface area contributed by atoms with Gasteiger partial charge in [-0.15, -0.1) is 0 Å². The molecule has 6 nitrogen and oxygen atoms in total. The lowest BCUT2D eigenvalue weighted by Gasteiger charge is -2.09. The van der Waals surface area contributed by atoms with Crippen molar-refractivity contribution in [3.63, 3.8) is 0 Å². The number of rotatable bonds is 6. The third-order valence-electron chi connectivity index (χ3n) is 2.05. The topological polar surface area (TPSA) is 107 Å². The maximum Gasteiger partial charge on any atom is 0.246 e. The van der Waals surface area contributed by atoms with Gasteiger partial charge in [0.15, 0.2) is 6.61 Å². The quantitative estimate of drug-likeness (QED) is 0.461. The summed E-state index contributed by atoms with van der Waals surface area (Å²) in [7, 11) is 0. The molecule has 0 aromatic carbocycles. The number of primary amides is 1. The van der Waals surface area contributed by atoms with E-state index >= 15 is 0 Å². The molecule has 6 heteroatoms. The van der Waals surface area contributed by atoms with E-state index in [4.69, 9.17) is 11.5 Å². The van der Waals surface area contributed by atoms with Crippen LogP contribution in [0.5, 0.6) is 0 Å². The standard InChI is InChI=1S/C8H15N3O3/c9-6(5-1-2-5)3-8(13)11-14-4-7(10)12/h5-6H,1-4,9H2,(H2,10,12)(H,11,13). The van der Waals surface area contributed by atoms with E-state index in [-0.39, 0.29) is 25.0 Å². The van der Waals surface area contributed by atoms with Crippen molar-refractivity contribution in [3.05, 3.63) is 0 Å². The van der Waals surface area contributed by atoms with Crippen molar-refractivity contribution in [2.24, 2.45) is 17.4 Å². The van der Waals surface area contributed by atoms with Crippen LogP contribution in [0.25, 0.3) is 0 Å². The molecule has 0 aromatic heterocycles. The van der Waals surface area contributed by atoms with Gasteiger partial charge in [0.05, 0.1) is 0 Å². The molecule has 1 unspecified atom stereocenters. The Hall–Kier alpha value is -1.14. The molecule has 14 heavy (non-hydrogen) atoms. The molecular weight excluding hydrogens is 186 g/mol. The Morgan fingerprint density at radius 1 is 1.50 bits per heavy atom. The molecule has 80 valence electrons. The first-order chi connectivity index (χ1) is 6.59. The van der Waals surface area contributed by atoms with Crippen molar-refractivity contribution in [1.29, 1.82) is 0 Å². The minimum Gasteiger partial charge on any atom is -0.368 e. The molecule has 0 saturated heterocycles. The minimum absolute atomic E-state index is 0.104. The Labute approximate surface area is 81.9 Å². The first-order valence-corrected chi connectivity index (χ1v) is 4.54. The van der Waals surface area contributed by atoms with E-state index in [1.165, 1.54) is 0 Å².